The molecule has 110 valence electrons. The molecule has 1 atom stereocenters. The maximum Gasteiger partial charge on any atom is 0.265 e. The molecule has 4 nitrogen and oxygen atoms in total. The number of rotatable bonds is 3. The summed E-state index contributed by atoms with van der Waals surface area (Å²) in [5.41, 5.74) is 1.78. The third-order valence-corrected chi connectivity index (χ3v) is 4.25. The molecule has 1 unspecified atom stereocenters. The van der Waals surface area contributed by atoms with Crippen LogP contribution in [0.1, 0.15) is 17.0 Å². The maximum absolute atomic E-state index is 12.2. The van der Waals surface area contributed by atoms with Gasteiger partial charge in [0.15, 0.2) is 5.17 Å². The number of amides is 2. The first-order valence-corrected chi connectivity index (χ1v) is 7.87. The fraction of sp³-hybridized carbons (Fsp3) is 0.118. The number of carbonyl (C=O) groups excluding carboxylic acids is 2. The fourth-order valence-corrected chi connectivity index (χ4v) is 3.04. The molecule has 0 fully saturated rings. The van der Waals surface area contributed by atoms with E-state index in [9.17, 15) is 9.59 Å². The second-order valence-corrected chi connectivity index (χ2v) is 5.83. The predicted molar refractivity (Wildman–Crippen MR) is 87.5 cm³/mol. The Morgan fingerprint density at radius 1 is 0.955 bits per heavy atom. The van der Waals surface area contributed by atoms with Crippen LogP contribution in [0.4, 0.5) is 0 Å². The van der Waals surface area contributed by atoms with Crippen molar-refractivity contribution in [3.8, 4) is 0 Å². The number of nitrogens with one attached hydrogen (secondary N) is 1. The van der Waals surface area contributed by atoms with Crippen molar-refractivity contribution in [3.63, 3.8) is 0 Å². The van der Waals surface area contributed by atoms with Crippen molar-refractivity contribution in [2.75, 3.05) is 0 Å². The normalized spacial score (nSPS) is 17.8. The van der Waals surface area contributed by atoms with Gasteiger partial charge in [-0.05, 0) is 11.1 Å². The topological polar surface area (TPSA) is 58.5 Å². The number of thioether (sulfide) groups is 1. The average molecular weight is 310 g/mol. The van der Waals surface area contributed by atoms with Crippen LogP contribution in [0.15, 0.2) is 65.7 Å². The second kappa shape index (κ2) is 6.58. The molecule has 22 heavy (non-hydrogen) atoms. The first kappa shape index (κ1) is 14.5. The van der Waals surface area contributed by atoms with Gasteiger partial charge in [-0.25, -0.2) is 0 Å². The van der Waals surface area contributed by atoms with Crippen LogP contribution in [0.5, 0.6) is 0 Å². The quantitative estimate of drug-likeness (QED) is 0.887. The van der Waals surface area contributed by atoms with Gasteiger partial charge in [-0.15, -0.1) is 0 Å². The average Bonchev–Trinajstić information content (AvgIpc) is 2.54. The summed E-state index contributed by atoms with van der Waals surface area (Å²) in [6.07, 6.45) is 0. The Morgan fingerprint density at radius 2 is 1.59 bits per heavy atom. The number of amidine groups is 1. The van der Waals surface area contributed by atoms with Crippen molar-refractivity contribution < 1.29 is 9.59 Å². The number of nitrogens with zero attached hydrogens (tertiary/aromatic N) is 1. The van der Waals surface area contributed by atoms with Crippen LogP contribution in [-0.2, 0) is 15.3 Å². The van der Waals surface area contributed by atoms with E-state index in [2.05, 4.69) is 10.3 Å². The first-order valence-electron chi connectivity index (χ1n) is 6.89. The summed E-state index contributed by atoms with van der Waals surface area (Å²) in [7, 11) is 0. The monoisotopic (exact) mass is 310 g/mol. The van der Waals surface area contributed by atoms with Gasteiger partial charge in [0.1, 0.15) is 5.92 Å². The molecule has 0 aromatic heterocycles. The van der Waals surface area contributed by atoms with E-state index in [-0.39, 0.29) is 5.91 Å². The maximum atomic E-state index is 12.2. The van der Waals surface area contributed by atoms with Crippen molar-refractivity contribution in [1.29, 1.82) is 0 Å². The smallest absolute Gasteiger partial charge is 0.265 e. The lowest BCUT2D eigenvalue weighted by atomic mass is 9.97. The molecule has 0 spiro atoms. The summed E-state index contributed by atoms with van der Waals surface area (Å²) in [4.78, 5) is 28.4. The molecule has 0 saturated carbocycles. The standard InChI is InChI=1S/C17H14N2O2S/c20-15-14(13-9-5-2-6-10-13)16(21)19-17(18-15)22-11-12-7-3-1-4-8-12/h1-10,14H,11H2,(H,18,19,20,21). The molecule has 1 N–H and O–H groups in total. The molecule has 3 rings (SSSR count). The van der Waals surface area contributed by atoms with Crippen molar-refractivity contribution in [2.45, 2.75) is 11.7 Å². The summed E-state index contributed by atoms with van der Waals surface area (Å²) in [5, 5.41) is 3.09. The van der Waals surface area contributed by atoms with Crippen LogP contribution in [0.2, 0.25) is 0 Å². The number of benzene rings is 2. The molecule has 1 heterocycles. The molecule has 2 aromatic rings. The van der Waals surface area contributed by atoms with E-state index in [1.54, 1.807) is 24.3 Å². The first-order chi connectivity index (χ1) is 10.7. The zero-order valence-electron chi connectivity index (χ0n) is 11.7. The number of hydrogen-bond donors (Lipinski definition) is 1. The van der Waals surface area contributed by atoms with Crippen molar-refractivity contribution in [2.24, 2.45) is 4.99 Å². The molecule has 0 bridgehead atoms. The Balaban J connectivity index is 1.72. The Bertz CT molecular complexity index is 714. The highest BCUT2D eigenvalue weighted by Gasteiger charge is 2.33. The van der Waals surface area contributed by atoms with E-state index in [4.69, 9.17) is 0 Å². The minimum absolute atomic E-state index is 0.318. The summed E-state index contributed by atoms with van der Waals surface area (Å²) in [6.45, 7) is 0. The van der Waals surface area contributed by atoms with Gasteiger partial charge in [-0.2, -0.15) is 4.99 Å². The Labute approximate surface area is 132 Å². The molecule has 1 aliphatic heterocycles. The van der Waals surface area contributed by atoms with E-state index in [0.29, 0.717) is 16.5 Å². The van der Waals surface area contributed by atoms with Gasteiger partial charge in [0, 0.05) is 5.75 Å². The number of carbonyl (C=O) groups is 2. The molecule has 0 aliphatic carbocycles. The molecular weight excluding hydrogens is 296 g/mol. The van der Waals surface area contributed by atoms with Gasteiger partial charge >= 0.3 is 0 Å². The summed E-state index contributed by atoms with van der Waals surface area (Å²) in [6, 6.07) is 18.8. The van der Waals surface area contributed by atoms with Gasteiger partial charge in [0.2, 0.25) is 5.91 Å². The van der Waals surface area contributed by atoms with Gasteiger partial charge in [-0.3, -0.25) is 9.59 Å². The van der Waals surface area contributed by atoms with Gasteiger partial charge in [-0.1, -0.05) is 72.4 Å². The van der Waals surface area contributed by atoms with Crippen molar-refractivity contribution in [1.82, 2.24) is 5.32 Å². The van der Waals surface area contributed by atoms with Crippen LogP contribution >= 0.6 is 11.8 Å². The van der Waals surface area contributed by atoms with Crippen LogP contribution in [-0.4, -0.2) is 17.0 Å². The SMILES string of the molecule is O=C1N=C(SCc2ccccc2)NC(=O)C1c1ccccc1. The van der Waals surface area contributed by atoms with Gasteiger partial charge in [0.25, 0.3) is 5.91 Å². The Hall–Kier alpha value is -2.40. The zero-order chi connectivity index (χ0) is 15.4. The largest absolute Gasteiger partial charge is 0.304 e. The minimum Gasteiger partial charge on any atom is -0.304 e. The van der Waals surface area contributed by atoms with Crippen molar-refractivity contribution in [3.05, 3.63) is 71.8 Å². The summed E-state index contributed by atoms with van der Waals surface area (Å²) >= 11 is 1.35. The third-order valence-electron chi connectivity index (χ3n) is 3.30. The molecule has 2 amide bonds. The van der Waals surface area contributed by atoms with Crippen LogP contribution < -0.4 is 5.32 Å². The molecule has 0 saturated heterocycles. The summed E-state index contributed by atoms with van der Waals surface area (Å²) < 4.78 is 0. The molecule has 0 radical (unpaired) electrons. The lowest BCUT2D eigenvalue weighted by Crippen LogP contribution is -2.41. The van der Waals surface area contributed by atoms with Crippen LogP contribution in [0.25, 0.3) is 0 Å². The van der Waals surface area contributed by atoms with E-state index in [0.717, 1.165) is 5.56 Å². The minimum atomic E-state index is -0.845. The zero-order valence-corrected chi connectivity index (χ0v) is 12.5. The predicted octanol–water partition coefficient (Wildman–Crippen LogP) is 2.72. The third kappa shape index (κ3) is 3.26. The molecule has 2 aromatic carbocycles. The number of aliphatic imine (C=N–C) groups is 1. The second-order valence-electron chi connectivity index (χ2n) is 4.86. The van der Waals surface area contributed by atoms with Gasteiger partial charge < -0.3 is 5.32 Å². The van der Waals surface area contributed by atoms with E-state index < -0.39 is 11.8 Å². The Morgan fingerprint density at radius 3 is 2.23 bits per heavy atom. The highest BCUT2D eigenvalue weighted by atomic mass is 32.2. The van der Waals surface area contributed by atoms with E-state index in [1.165, 1.54) is 11.8 Å². The highest BCUT2D eigenvalue weighted by Crippen LogP contribution is 2.23. The molecule has 1 aliphatic rings. The van der Waals surface area contributed by atoms with Crippen LogP contribution in [0.3, 0.4) is 0 Å². The van der Waals surface area contributed by atoms with Gasteiger partial charge in [0.05, 0.1) is 0 Å². The van der Waals surface area contributed by atoms with E-state index in [1.807, 2.05) is 36.4 Å². The van der Waals surface area contributed by atoms with Crippen LogP contribution in [0, 0.1) is 0 Å². The highest BCUT2D eigenvalue weighted by molar-refractivity contribution is 8.13. The van der Waals surface area contributed by atoms with Crippen molar-refractivity contribution >= 4 is 28.7 Å². The van der Waals surface area contributed by atoms with E-state index >= 15 is 0 Å². The lowest BCUT2D eigenvalue weighted by molar-refractivity contribution is -0.129. The Kier molecular flexibility index (Phi) is 4.34. The fourth-order valence-electron chi connectivity index (χ4n) is 2.22. The lowest BCUT2D eigenvalue weighted by Gasteiger charge is -2.19. The summed E-state index contributed by atoms with van der Waals surface area (Å²) in [5.74, 6) is -0.919. The molecular formula is C17H14N2O2S. The molecule has 5 heteroatoms. The number of hydrogen-bond acceptors (Lipinski definition) is 3.